The molecule has 0 saturated heterocycles. The minimum absolute atomic E-state index is 0. The zero-order chi connectivity index (χ0) is 17.5. The molecular weight excluding hydrogens is 367 g/mol. The fourth-order valence-corrected chi connectivity index (χ4v) is 11.2. The van der Waals surface area contributed by atoms with Gasteiger partial charge in [0.25, 0.3) is 0 Å². The van der Waals surface area contributed by atoms with E-state index in [0.29, 0.717) is 0 Å². The van der Waals surface area contributed by atoms with Gasteiger partial charge >= 0.3 is 155 Å². The molecule has 1 N–H and O–H groups in total. The van der Waals surface area contributed by atoms with Gasteiger partial charge in [-0.3, -0.25) is 0 Å². The molecule has 0 aliphatic heterocycles. The molecule has 1 rings (SSSR count). The minimum atomic E-state index is -1.46. The van der Waals surface area contributed by atoms with Crippen molar-refractivity contribution in [3.63, 3.8) is 0 Å². The first-order valence-corrected chi connectivity index (χ1v) is 16.0. The van der Waals surface area contributed by atoms with Crippen LogP contribution >= 0.6 is 0 Å². The molecule has 0 aliphatic carbocycles. The van der Waals surface area contributed by atoms with Gasteiger partial charge in [0.2, 0.25) is 0 Å². The van der Waals surface area contributed by atoms with Crippen LogP contribution in [0, 0.1) is 0 Å². The molecule has 1 aromatic rings. The van der Waals surface area contributed by atoms with Crippen LogP contribution in [0.2, 0.25) is 15.6 Å². The molecule has 0 amide bonds. The first-order valence-electron chi connectivity index (χ1n) is 10.7. The van der Waals surface area contributed by atoms with Crippen LogP contribution in [0.5, 0.6) is 0 Å². The van der Waals surface area contributed by atoms with Crippen molar-refractivity contribution in [2.45, 2.75) is 106 Å². The van der Waals surface area contributed by atoms with Crippen molar-refractivity contribution >= 4 is 13.6 Å². The molecule has 146 valence electrons. The Morgan fingerprint density at radius 3 is 1.60 bits per heavy atom. The maximum atomic E-state index is 2.47. The van der Waals surface area contributed by atoms with Gasteiger partial charge in [-0.1, -0.05) is 0 Å². The molecule has 0 unspecified atom stereocenters. The third kappa shape index (κ3) is 11.1. The van der Waals surface area contributed by atoms with E-state index in [9.17, 15) is 0 Å². The number of rotatable bonds is 15. The van der Waals surface area contributed by atoms with Crippen LogP contribution in [0.4, 0.5) is 0 Å². The molecule has 1 nitrogen and oxygen atoms in total. The molecule has 0 aromatic heterocycles. The van der Waals surface area contributed by atoms with Crippen molar-refractivity contribution in [3.05, 3.63) is 35.9 Å². The number of hydrogen-bond donors (Lipinski definition) is 0. The van der Waals surface area contributed by atoms with E-state index in [0.717, 1.165) is 0 Å². The van der Waals surface area contributed by atoms with Crippen LogP contribution < -0.4 is 0 Å². The molecule has 0 fully saturated rings. The van der Waals surface area contributed by atoms with E-state index in [4.69, 9.17) is 0 Å². The van der Waals surface area contributed by atoms with Gasteiger partial charge < -0.3 is 5.48 Å². The summed E-state index contributed by atoms with van der Waals surface area (Å²) in [5, 5.41) is 5.99. The average molecular weight is 411 g/mol. The first-order chi connectivity index (χ1) is 11.8. The summed E-state index contributed by atoms with van der Waals surface area (Å²) in [5.41, 5.74) is 1.60. The van der Waals surface area contributed by atoms with Gasteiger partial charge in [0.15, 0.2) is 0 Å². The molecule has 1 aromatic carbocycles. The second-order valence-electron chi connectivity index (χ2n) is 7.52. The summed E-state index contributed by atoms with van der Waals surface area (Å²) >= 11 is -1.46. The summed E-state index contributed by atoms with van der Waals surface area (Å²) in [5.74, 6) is 0. The van der Waals surface area contributed by atoms with Crippen molar-refractivity contribution in [2.24, 2.45) is 0 Å². The van der Waals surface area contributed by atoms with Gasteiger partial charge in [-0.2, -0.15) is 0 Å². The van der Waals surface area contributed by atoms with Crippen LogP contribution in [0.25, 0.3) is 0 Å². The molecule has 0 spiro atoms. The number of hydrogen-bond acceptors (Lipinski definition) is 1. The summed E-state index contributed by atoms with van der Waals surface area (Å²) in [6, 6.07) is 11.3. The molecule has 2 heteroatoms. The minimum Gasteiger partial charge on any atom is -0.870 e. The first kappa shape index (κ1) is 24.7. The standard InChI is InChI=1S/C23H42As.H2O/c1-4-7-8-9-10-11-12-13-14-18-21-24(5-2,6-3)22-23-19-16-15-17-20-23;/h15-17,19-20H,4-14,18,21-22H2,1-3H3;1H2/q+1;/p-1. The zero-order valence-corrected chi connectivity index (χ0v) is 19.1. The van der Waals surface area contributed by atoms with E-state index in [1.165, 1.54) is 79.8 Å². The molecule has 0 saturated carbocycles. The summed E-state index contributed by atoms with van der Waals surface area (Å²) in [6.07, 6.45) is 14.6. The SMILES string of the molecule is CCCCCCCCCCCC[As+](CC)(CC)Cc1ccccc1.[OH-]. The van der Waals surface area contributed by atoms with E-state index in [-0.39, 0.29) is 5.48 Å². The summed E-state index contributed by atoms with van der Waals surface area (Å²) in [6.45, 7) is 7.24. The Bertz CT molecular complexity index is 386. The van der Waals surface area contributed by atoms with Crippen molar-refractivity contribution in [2.75, 3.05) is 0 Å². The molecular formula is C23H43AsO. The summed E-state index contributed by atoms with van der Waals surface area (Å²) in [7, 11) is 0. The molecule has 0 heterocycles. The molecule has 0 bridgehead atoms. The molecule has 25 heavy (non-hydrogen) atoms. The average Bonchev–Trinajstić information content (AvgIpc) is 2.63. The molecule has 0 aliphatic rings. The van der Waals surface area contributed by atoms with Crippen molar-refractivity contribution < 1.29 is 5.48 Å². The predicted octanol–water partition coefficient (Wildman–Crippen LogP) is 8.00. The van der Waals surface area contributed by atoms with Gasteiger partial charge in [-0.05, 0) is 0 Å². The monoisotopic (exact) mass is 410 g/mol. The van der Waals surface area contributed by atoms with Crippen LogP contribution in [0.1, 0.15) is 90.5 Å². The van der Waals surface area contributed by atoms with Gasteiger partial charge in [0.05, 0.1) is 0 Å². The quantitative estimate of drug-likeness (QED) is 0.213. The van der Waals surface area contributed by atoms with Gasteiger partial charge in [-0.15, -0.1) is 0 Å². The van der Waals surface area contributed by atoms with Crippen LogP contribution in [-0.2, 0) is 5.21 Å². The van der Waals surface area contributed by atoms with E-state index in [1.807, 2.05) is 0 Å². The van der Waals surface area contributed by atoms with Crippen LogP contribution in [0.3, 0.4) is 0 Å². The number of unbranched alkanes of at least 4 members (excludes halogenated alkanes) is 9. The second kappa shape index (κ2) is 16.0. The molecule has 0 atom stereocenters. The van der Waals surface area contributed by atoms with Crippen LogP contribution in [0.15, 0.2) is 30.3 Å². The maximum Gasteiger partial charge on any atom is -0.870 e. The van der Waals surface area contributed by atoms with Gasteiger partial charge in [0.1, 0.15) is 0 Å². The van der Waals surface area contributed by atoms with Crippen molar-refractivity contribution in [3.8, 4) is 0 Å². The Labute approximate surface area is 160 Å². The van der Waals surface area contributed by atoms with E-state index < -0.39 is 13.6 Å². The normalized spacial score (nSPS) is 11.3. The third-order valence-electron chi connectivity index (χ3n) is 5.69. The Morgan fingerprint density at radius 2 is 1.12 bits per heavy atom. The smallest absolute Gasteiger partial charge is 0.870 e. The Hall–Kier alpha value is -0.262. The fourth-order valence-electron chi connectivity index (χ4n) is 3.75. The van der Waals surface area contributed by atoms with Crippen LogP contribution in [-0.4, -0.2) is 19.0 Å². The van der Waals surface area contributed by atoms with E-state index in [2.05, 4.69) is 51.1 Å². The topological polar surface area (TPSA) is 30.0 Å². The Balaban J connectivity index is 0.00000576. The second-order valence-corrected chi connectivity index (χ2v) is 17.4. The fraction of sp³-hybridized carbons (Fsp3) is 0.739. The molecule has 0 radical (unpaired) electrons. The predicted molar refractivity (Wildman–Crippen MR) is 115 cm³/mol. The zero-order valence-electron chi connectivity index (χ0n) is 17.2. The van der Waals surface area contributed by atoms with Gasteiger partial charge in [0, 0.05) is 0 Å². The van der Waals surface area contributed by atoms with E-state index in [1.54, 1.807) is 10.8 Å². The Morgan fingerprint density at radius 1 is 0.640 bits per heavy atom. The maximum absolute atomic E-state index is 2.47. The summed E-state index contributed by atoms with van der Waals surface area (Å²) in [4.78, 5) is 0. The van der Waals surface area contributed by atoms with Gasteiger partial charge in [-0.25, -0.2) is 0 Å². The number of benzene rings is 1. The Kier molecular flexibility index (Phi) is 15.8. The summed E-state index contributed by atoms with van der Waals surface area (Å²) < 4.78 is 0. The largest absolute Gasteiger partial charge is 0.870 e. The van der Waals surface area contributed by atoms with Crippen molar-refractivity contribution in [1.82, 2.24) is 0 Å². The van der Waals surface area contributed by atoms with Crippen molar-refractivity contribution in [1.29, 1.82) is 0 Å². The van der Waals surface area contributed by atoms with E-state index >= 15 is 0 Å². The third-order valence-corrected chi connectivity index (χ3v) is 16.1.